The summed E-state index contributed by atoms with van der Waals surface area (Å²) in [7, 11) is 0. The molecule has 0 N–H and O–H groups in total. The van der Waals surface area contributed by atoms with E-state index in [0.717, 1.165) is 73.6 Å². The number of hydrogen-bond donors (Lipinski definition) is 0. The van der Waals surface area contributed by atoms with Crippen LogP contribution in [-0.4, -0.2) is 11.7 Å². The fourth-order valence-corrected chi connectivity index (χ4v) is 9.21. The number of nitrogens with zero attached hydrogens (tertiary/aromatic N) is 4. The second-order valence-corrected chi connectivity index (χ2v) is 15.3. The maximum Gasteiger partial charge on any atom is 0.252 e. The summed E-state index contributed by atoms with van der Waals surface area (Å²) in [6, 6.07) is 51.0. The Bertz CT molecular complexity index is 3030. The molecule has 0 saturated heterocycles. The maximum atomic E-state index is 6.11. The molecule has 0 unspecified atom stereocenters. The van der Waals surface area contributed by atoms with Crippen molar-refractivity contribution >= 4 is 84.9 Å². The van der Waals surface area contributed by atoms with Crippen molar-refractivity contribution in [2.75, 3.05) is 14.7 Å². The number of aromatic nitrogens is 1. The second-order valence-electron chi connectivity index (χ2n) is 15.3. The molecular weight excluding hydrogens is 731 g/mol. The van der Waals surface area contributed by atoms with E-state index < -0.39 is 0 Å². The third-order valence-corrected chi connectivity index (χ3v) is 11.9. The van der Waals surface area contributed by atoms with Crippen LogP contribution in [0.3, 0.4) is 0 Å². The van der Waals surface area contributed by atoms with Crippen molar-refractivity contribution in [2.24, 2.45) is 0 Å². The number of hydrogen-bond acceptors (Lipinski definition) is 5. The Balaban J connectivity index is 1.18. The Kier molecular flexibility index (Phi) is 9.53. The number of furan rings is 1. The average Bonchev–Trinajstić information content (AvgIpc) is 3.68. The molecule has 6 heteroatoms. The summed E-state index contributed by atoms with van der Waals surface area (Å²) in [5, 5.41) is 2.17. The fraction of sp³-hybridized carbons (Fsp3) is 0.0926. The van der Waals surface area contributed by atoms with Gasteiger partial charge in [0.05, 0.1) is 6.20 Å². The molecule has 0 fully saturated rings. The molecule has 60 heavy (non-hydrogen) atoms. The third kappa shape index (κ3) is 6.06. The van der Waals surface area contributed by atoms with Gasteiger partial charge in [-0.15, -0.1) is 0 Å². The van der Waals surface area contributed by atoms with E-state index in [-0.39, 0.29) is 6.71 Å². The summed E-state index contributed by atoms with van der Waals surface area (Å²) >= 11 is 0. The van der Waals surface area contributed by atoms with Gasteiger partial charge in [0.25, 0.3) is 6.71 Å². The summed E-state index contributed by atoms with van der Waals surface area (Å²) in [4.78, 5) is 11.6. The third-order valence-electron chi connectivity index (χ3n) is 11.9. The van der Waals surface area contributed by atoms with Crippen molar-refractivity contribution in [3.63, 3.8) is 0 Å². The molecule has 0 saturated carbocycles. The van der Waals surface area contributed by atoms with Crippen LogP contribution in [0.25, 0.3) is 33.1 Å². The molecule has 0 spiro atoms. The summed E-state index contributed by atoms with van der Waals surface area (Å²) < 4.78 is 6.11. The minimum Gasteiger partial charge on any atom is -0.454 e. The first-order valence-electron chi connectivity index (χ1n) is 20.9. The molecule has 10 rings (SSSR count). The fourth-order valence-electron chi connectivity index (χ4n) is 9.21. The SMILES string of the molecule is C/C=C\C(=C/C)N(c1ccccc1)c1ccc2c(c1)N(c1ccc(-c3ccc4oc5cnccc5c4c3)cc1)c1cccc3c1B2c1ccccc1N3C(/C=C\CC)=C/C. The van der Waals surface area contributed by atoms with Gasteiger partial charge in [0.15, 0.2) is 5.58 Å². The van der Waals surface area contributed by atoms with Gasteiger partial charge in [-0.05, 0) is 140 Å². The van der Waals surface area contributed by atoms with Crippen molar-refractivity contribution in [1.82, 2.24) is 4.98 Å². The largest absolute Gasteiger partial charge is 0.454 e. The van der Waals surface area contributed by atoms with Gasteiger partial charge < -0.3 is 19.1 Å². The molecule has 2 aliphatic rings. The first-order valence-corrected chi connectivity index (χ1v) is 20.9. The maximum absolute atomic E-state index is 6.11. The number of benzene rings is 6. The van der Waals surface area contributed by atoms with Crippen molar-refractivity contribution in [3.8, 4) is 11.1 Å². The summed E-state index contributed by atoms with van der Waals surface area (Å²) in [6.07, 6.45) is 17.8. The van der Waals surface area contributed by atoms with E-state index in [1.807, 2.05) is 12.3 Å². The van der Waals surface area contributed by atoms with Crippen molar-refractivity contribution in [1.29, 1.82) is 0 Å². The number of anilines is 7. The number of allylic oxidation sites excluding steroid dienone is 6. The predicted octanol–water partition coefficient (Wildman–Crippen LogP) is 12.9. The van der Waals surface area contributed by atoms with Crippen molar-refractivity contribution < 1.29 is 4.42 Å². The molecule has 0 bridgehead atoms. The average molecular weight is 777 g/mol. The van der Waals surface area contributed by atoms with Gasteiger partial charge in [0, 0.05) is 68.2 Å². The predicted molar refractivity (Wildman–Crippen MR) is 255 cm³/mol. The Morgan fingerprint density at radius 2 is 1.42 bits per heavy atom. The van der Waals surface area contributed by atoms with E-state index in [1.165, 1.54) is 33.5 Å². The van der Waals surface area contributed by atoms with Crippen LogP contribution in [0.4, 0.5) is 39.8 Å². The number of rotatable bonds is 9. The highest BCUT2D eigenvalue weighted by Crippen LogP contribution is 2.45. The van der Waals surface area contributed by atoms with Gasteiger partial charge in [-0.25, -0.2) is 0 Å². The van der Waals surface area contributed by atoms with Crippen LogP contribution < -0.4 is 31.1 Å². The Morgan fingerprint density at radius 3 is 2.22 bits per heavy atom. The highest BCUT2D eigenvalue weighted by Gasteiger charge is 2.43. The molecule has 2 aliphatic heterocycles. The molecule has 0 aliphatic carbocycles. The first kappa shape index (κ1) is 37.0. The molecule has 4 heterocycles. The molecule has 2 aromatic heterocycles. The molecule has 6 aromatic carbocycles. The standard InChI is InChI=1S/C54H45BN4O/c1-5-9-17-40(8-4)58-48-21-14-13-20-46(48)55-47-30-29-43(57(39(7-3)16-6-2)41-18-11-10-12-19-41)35-51(47)59(50-23-15-22-49(58)54(50)55)42-27-24-37(25-28-42)38-26-31-52-45(34-38)44-32-33-56-36-53(44)60-52/h6-36H,5H2,1-4H3/b16-6-,17-9-,39-7+,40-8+. The quantitative estimate of drug-likeness (QED) is 0.108. The van der Waals surface area contributed by atoms with E-state index in [4.69, 9.17) is 4.42 Å². The Morgan fingerprint density at radius 1 is 0.650 bits per heavy atom. The highest BCUT2D eigenvalue weighted by atomic mass is 16.3. The Hall–Kier alpha value is -7.31. The van der Waals surface area contributed by atoms with E-state index >= 15 is 0 Å². The van der Waals surface area contributed by atoms with Crippen LogP contribution >= 0.6 is 0 Å². The number of para-hydroxylation sites is 2. The van der Waals surface area contributed by atoms with Crippen LogP contribution in [0, 0.1) is 0 Å². The lowest BCUT2D eigenvalue weighted by molar-refractivity contribution is 0.667. The number of pyridine rings is 1. The van der Waals surface area contributed by atoms with Crippen LogP contribution in [-0.2, 0) is 0 Å². The van der Waals surface area contributed by atoms with Crippen molar-refractivity contribution in [3.05, 3.63) is 200 Å². The van der Waals surface area contributed by atoms with E-state index in [1.54, 1.807) is 6.20 Å². The molecule has 290 valence electrons. The zero-order valence-electron chi connectivity index (χ0n) is 34.4. The van der Waals surface area contributed by atoms with Gasteiger partial charge in [0.2, 0.25) is 0 Å². The Labute approximate surface area is 352 Å². The van der Waals surface area contributed by atoms with Gasteiger partial charge in [-0.3, -0.25) is 4.98 Å². The van der Waals surface area contributed by atoms with E-state index in [2.05, 4.69) is 217 Å². The summed E-state index contributed by atoms with van der Waals surface area (Å²) in [5.41, 5.74) is 18.1. The highest BCUT2D eigenvalue weighted by molar-refractivity contribution is 7.00. The topological polar surface area (TPSA) is 35.8 Å². The zero-order valence-corrected chi connectivity index (χ0v) is 34.4. The normalized spacial score (nSPS) is 13.7. The summed E-state index contributed by atoms with van der Waals surface area (Å²) in [6.45, 7) is 8.55. The lowest BCUT2D eigenvalue weighted by Gasteiger charge is -2.44. The lowest BCUT2D eigenvalue weighted by atomic mass is 9.33. The van der Waals surface area contributed by atoms with Gasteiger partial charge in [0.1, 0.15) is 5.58 Å². The minimum atomic E-state index is 0.0325. The van der Waals surface area contributed by atoms with Crippen LogP contribution in [0.15, 0.2) is 204 Å². The summed E-state index contributed by atoms with van der Waals surface area (Å²) in [5.74, 6) is 0. The van der Waals surface area contributed by atoms with Gasteiger partial charge >= 0.3 is 0 Å². The minimum absolute atomic E-state index is 0.0325. The van der Waals surface area contributed by atoms with E-state index in [0.29, 0.717) is 0 Å². The van der Waals surface area contributed by atoms with Crippen LogP contribution in [0.1, 0.15) is 34.1 Å². The first-order chi connectivity index (χ1) is 29.6. The van der Waals surface area contributed by atoms with Gasteiger partial charge in [-0.1, -0.05) is 98.0 Å². The molecule has 0 radical (unpaired) electrons. The van der Waals surface area contributed by atoms with Crippen molar-refractivity contribution in [2.45, 2.75) is 34.1 Å². The molecule has 8 aromatic rings. The lowest BCUT2D eigenvalue weighted by Crippen LogP contribution is -2.61. The monoisotopic (exact) mass is 776 g/mol. The molecule has 5 nitrogen and oxygen atoms in total. The second kappa shape index (κ2) is 15.5. The van der Waals surface area contributed by atoms with Crippen LogP contribution in [0.2, 0.25) is 0 Å². The zero-order chi connectivity index (χ0) is 40.7. The molecule has 0 amide bonds. The smallest absolute Gasteiger partial charge is 0.252 e. The molecule has 0 atom stereocenters. The molecular formula is C54H45BN4O. The van der Waals surface area contributed by atoms with Gasteiger partial charge in [-0.2, -0.15) is 0 Å². The number of fused-ring (bicyclic) bond motifs is 7. The van der Waals surface area contributed by atoms with Crippen LogP contribution in [0.5, 0.6) is 0 Å². The van der Waals surface area contributed by atoms with E-state index in [9.17, 15) is 0 Å².